The smallest absolute Gasteiger partial charge is 0.171 e. The summed E-state index contributed by atoms with van der Waals surface area (Å²) < 4.78 is 16.6. The van der Waals surface area contributed by atoms with Gasteiger partial charge in [-0.2, -0.15) is 0 Å². The van der Waals surface area contributed by atoms with Crippen LogP contribution >= 0.6 is 24.1 Å². The van der Waals surface area contributed by atoms with Gasteiger partial charge in [0, 0.05) is 6.07 Å². The molecule has 0 aliphatic rings. The summed E-state index contributed by atoms with van der Waals surface area (Å²) in [7, 11) is 5.31. The van der Waals surface area contributed by atoms with E-state index in [-0.39, 0.29) is 11.1 Å². The molecule has 0 N–H and O–H groups in total. The van der Waals surface area contributed by atoms with Crippen molar-refractivity contribution in [3.63, 3.8) is 0 Å². The van der Waals surface area contributed by atoms with E-state index in [1.807, 2.05) is 6.92 Å². The van der Waals surface area contributed by atoms with Crippen molar-refractivity contribution in [2.45, 2.75) is 25.9 Å². The van der Waals surface area contributed by atoms with Gasteiger partial charge in [0.25, 0.3) is 0 Å². The zero-order valence-electron chi connectivity index (χ0n) is 12.3. The molecule has 1 aromatic carbocycles. The van der Waals surface area contributed by atoms with E-state index in [2.05, 4.69) is 22.9 Å². The van der Waals surface area contributed by atoms with E-state index >= 15 is 0 Å². The van der Waals surface area contributed by atoms with E-state index in [0.29, 0.717) is 27.3 Å². The highest BCUT2D eigenvalue weighted by Crippen LogP contribution is 2.43. The van der Waals surface area contributed by atoms with Gasteiger partial charge < -0.3 is 19.3 Å². The van der Waals surface area contributed by atoms with Crippen molar-refractivity contribution in [2.24, 2.45) is 0 Å². The van der Waals surface area contributed by atoms with Crippen molar-refractivity contribution in [3.05, 3.63) is 16.1 Å². The van der Waals surface area contributed by atoms with Crippen molar-refractivity contribution < 1.29 is 19.3 Å². The summed E-state index contributed by atoms with van der Waals surface area (Å²) in [6.45, 7) is 4.09. The van der Waals surface area contributed by atoms with Gasteiger partial charge in [-0.25, -0.2) is 0 Å². The van der Waals surface area contributed by atoms with Gasteiger partial charge in [0.15, 0.2) is 11.5 Å². The van der Waals surface area contributed by atoms with Crippen LogP contribution in [0, 0.1) is 0 Å². The average Bonchev–Trinajstić information content (AvgIpc) is 2.45. The number of ether oxygens (including phenoxy) is 3. The SMILES string of the molecule is CCC(C)P=C([O-])c1c(OC)c(Br)cc(OC)c1OC. The lowest BCUT2D eigenvalue weighted by atomic mass is 10.1. The zero-order valence-corrected chi connectivity index (χ0v) is 14.8. The molecule has 0 saturated heterocycles. The van der Waals surface area contributed by atoms with Crippen LogP contribution in [0.1, 0.15) is 25.8 Å². The second kappa shape index (κ2) is 7.87. The molecular weight excluding hydrogens is 343 g/mol. The van der Waals surface area contributed by atoms with Gasteiger partial charge in [-0.15, -0.1) is 13.7 Å². The second-order valence-corrected chi connectivity index (χ2v) is 6.59. The van der Waals surface area contributed by atoms with Crippen molar-refractivity contribution in [2.75, 3.05) is 21.3 Å². The highest BCUT2D eigenvalue weighted by atomic mass is 79.9. The predicted molar refractivity (Wildman–Crippen MR) is 84.6 cm³/mol. The fourth-order valence-corrected chi connectivity index (χ4v) is 3.18. The Morgan fingerprint density at radius 2 is 1.85 bits per heavy atom. The third kappa shape index (κ3) is 3.66. The first-order chi connectivity index (χ1) is 9.49. The quantitative estimate of drug-likeness (QED) is 0.730. The first-order valence-electron chi connectivity index (χ1n) is 6.23. The maximum absolute atomic E-state index is 12.5. The molecule has 20 heavy (non-hydrogen) atoms. The van der Waals surface area contributed by atoms with Crippen LogP contribution in [0.15, 0.2) is 10.5 Å². The van der Waals surface area contributed by atoms with Gasteiger partial charge in [0.05, 0.1) is 31.4 Å². The zero-order chi connectivity index (χ0) is 15.3. The standard InChI is InChI=1S/C14H20BrO4P/c1-6-8(2)20-14(16)11-12(18-4)9(15)7-10(17-3)13(11)19-5/h7-8,16H,6H2,1-5H3/p-1. The van der Waals surface area contributed by atoms with Crippen LogP contribution in [0.3, 0.4) is 0 Å². The number of rotatable bonds is 6. The van der Waals surface area contributed by atoms with Crippen LogP contribution in [0.4, 0.5) is 0 Å². The summed E-state index contributed by atoms with van der Waals surface area (Å²) >= 11 is 3.40. The molecule has 0 saturated carbocycles. The van der Waals surface area contributed by atoms with Crippen molar-refractivity contribution in [1.29, 1.82) is 0 Å². The first-order valence-corrected chi connectivity index (χ1v) is 7.99. The van der Waals surface area contributed by atoms with E-state index in [9.17, 15) is 5.11 Å². The average molecular weight is 362 g/mol. The largest absolute Gasteiger partial charge is 0.823 e. The monoisotopic (exact) mass is 361 g/mol. The Morgan fingerprint density at radius 1 is 1.25 bits per heavy atom. The molecule has 1 aromatic rings. The molecule has 1 atom stereocenters. The highest BCUT2D eigenvalue weighted by molar-refractivity contribution is 9.10. The Morgan fingerprint density at radius 3 is 2.30 bits per heavy atom. The summed E-state index contributed by atoms with van der Waals surface area (Å²) in [6.07, 6.45) is 0.934. The van der Waals surface area contributed by atoms with Crippen LogP contribution in [0.2, 0.25) is 0 Å². The van der Waals surface area contributed by atoms with Crippen molar-refractivity contribution in [3.8, 4) is 17.2 Å². The lowest BCUT2D eigenvalue weighted by Crippen LogP contribution is -2.20. The highest BCUT2D eigenvalue weighted by Gasteiger charge is 2.19. The fraction of sp³-hybridized carbons (Fsp3) is 0.500. The van der Waals surface area contributed by atoms with Crippen LogP contribution < -0.4 is 19.3 Å². The number of benzene rings is 1. The number of hydrogen-bond donors (Lipinski definition) is 0. The van der Waals surface area contributed by atoms with Crippen LogP contribution in [-0.4, -0.2) is 32.5 Å². The van der Waals surface area contributed by atoms with Crippen molar-refractivity contribution in [1.82, 2.24) is 0 Å². The maximum atomic E-state index is 12.5. The summed E-state index contributed by atoms with van der Waals surface area (Å²) in [5, 5.41) is 12.5. The van der Waals surface area contributed by atoms with Crippen LogP contribution in [-0.2, 0) is 0 Å². The Bertz CT molecular complexity index is 502. The van der Waals surface area contributed by atoms with E-state index in [1.54, 1.807) is 6.07 Å². The lowest BCUT2D eigenvalue weighted by Gasteiger charge is -2.23. The van der Waals surface area contributed by atoms with Crippen LogP contribution in [0.25, 0.3) is 0 Å². The van der Waals surface area contributed by atoms with Gasteiger partial charge in [-0.1, -0.05) is 13.8 Å². The minimum absolute atomic E-state index is 0.0346. The van der Waals surface area contributed by atoms with Gasteiger partial charge in [0.2, 0.25) is 0 Å². The molecule has 0 aliphatic heterocycles. The van der Waals surface area contributed by atoms with Gasteiger partial charge in [0.1, 0.15) is 5.75 Å². The topological polar surface area (TPSA) is 50.8 Å². The Hall–Kier alpha value is -0.770. The summed E-state index contributed by atoms with van der Waals surface area (Å²) in [5.74, 6) is 1.39. The maximum Gasteiger partial charge on any atom is 0.171 e. The first kappa shape index (κ1) is 17.3. The van der Waals surface area contributed by atoms with Gasteiger partial charge in [-0.05, 0) is 28.0 Å². The third-order valence-electron chi connectivity index (χ3n) is 2.92. The van der Waals surface area contributed by atoms with E-state index in [0.717, 1.165) is 14.6 Å². The van der Waals surface area contributed by atoms with Gasteiger partial charge in [-0.3, -0.25) is 0 Å². The molecule has 1 rings (SSSR count). The molecule has 0 spiro atoms. The molecule has 0 aromatic heterocycles. The summed E-state index contributed by atoms with van der Waals surface area (Å²) in [5.41, 5.74) is 0.665. The molecule has 4 nitrogen and oxygen atoms in total. The summed E-state index contributed by atoms with van der Waals surface area (Å²) in [6, 6.07) is 1.73. The van der Waals surface area contributed by atoms with Crippen LogP contribution in [0.5, 0.6) is 17.2 Å². The Labute approximate surface area is 130 Å². The third-order valence-corrected chi connectivity index (χ3v) is 4.78. The predicted octanol–water partition coefficient (Wildman–Crippen LogP) is 3.06. The lowest BCUT2D eigenvalue weighted by molar-refractivity contribution is -0.207. The van der Waals surface area contributed by atoms with E-state index in [1.165, 1.54) is 21.3 Å². The van der Waals surface area contributed by atoms with Crippen molar-refractivity contribution >= 4 is 29.6 Å². The van der Waals surface area contributed by atoms with Gasteiger partial charge >= 0.3 is 0 Å². The molecule has 0 amide bonds. The molecule has 0 radical (unpaired) electrons. The number of methoxy groups -OCH3 is 3. The number of hydrogen-bond acceptors (Lipinski definition) is 4. The molecule has 0 bridgehead atoms. The molecule has 6 heteroatoms. The molecular formula is C14H19BrO4P-. The minimum atomic E-state index is -0.0346. The normalized spacial score (nSPS) is 13.1. The number of halogens is 1. The molecule has 0 aliphatic carbocycles. The minimum Gasteiger partial charge on any atom is -0.823 e. The molecule has 1 unspecified atom stereocenters. The molecule has 112 valence electrons. The summed E-state index contributed by atoms with van der Waals surface area (Å²) in [4.78, 5) is 0. The second-order valence-electron chi connectivity index (χ2n) is 4.19. The fourth-order valence-electron chi connectivity index (χ4n) is 1.70. The van der Waals surface area contributed by atoms with E-state index < -0.39 is 0 Å². The Balaban J connectivity index is 3.55. The van der Waals surface area contributed by atoms with E-state index in [4.69, 9.17) is 14.2 Å². The molecule has 0 fully saturated rings. The Kier molecular flexibility index (Phi) is 6.80. The molecule has 0 heterocycles.